The highest BCUT2D eigenvalue weighted by molar-refractivity contribution is 9.10. The molecule has 4 heteroatoms. The van der Waals surface area contributed by atoms with Gasteiger partial charge in [-0.25, -0.2) is 4.39 Å². The second kappa shape index (κ2) is 5.28. The van der Waals surface area contributed by atoms with E-state index < -0.39 is 11.9 Å². The lowest BCUT2D eigenvalue weighted by Gasteiger charge is -2.19. The molecular weight excluding hydrogens is 282 g/mol. The minimum Gasteiger partial charge on any atom is -0.388 e. The van der Waals surface area contributed by atoms with Gasteiger partial charge in [0.1, 0.15) is 5.82 Å². The third-order valence-electron chi connectivity index (χ3n) is 2.56. The third-order valence-corrected chi connectivity index (χ3v) is 3.96. The molecular formula is C11H13BrClFO. The number of hydrogen-bond donors (Lipinski definition) is 1. The molecule has 2 unspecified atom stereocenters. The molecule has 0 saturated heterocycles. The highest BCUT2D eigenvalue weighted by atomic mass is 79.9. The lowest BCUT2D eigenvalue weighted by atomic mass is 9.95. The lowest BCUT2D eigenvalue weighted by Crippen LogP contribution is -2.11. The molecule has 0 aliphatic carbocycles. The van der Waals surface area contributed by atoms with Crippen molar-refractivity contribution in [2.75, 3.05) is 0 Å². The summed E-state index contributed by atoms with van der Waals surface area (Å²) >= 11 is 9.05. The van der Waals surface area contributed by atoms with Crippen LogP contribution in [0.2, 0.25) is 5.02 Å². The molecule has 1 nitrogen and oxygen atoms in total. The average Bonchev–Trinajstić information content (AvgIpc) is 2.22. The van der Waals surface area contributed by atoms with E-state index in [0.29, 0.717) is 9.50 Å². The predicted molar refractivity (Wildman–Crippen MR) is 63.5 cm³/mol. The molecule has 0 spiro atoms. The van der Waals surface area contributed by atoms with Gasteiger partial charge < -0.3 is 5.11 Å². The number of aliphatic hydroxyl groups excluding tert-OH is 1. The van der Waals surface area contributed by atoms with Gasteiger partial charge >= 0.3 is 0 Å². The van der Waals surface area contributed by atoms with Crippen molar-refractivity contribution < 1.29 is 9.50 Å². The molecule has 2 atom stereocenters. The molecule has 1 aromatic rings. The summed E-state index contributed by atoms with van der Waals surface area (Å²) in [7, 11) is 0. The molecule has 0 aromatic heterocycles. The van der Waals surface area contributed by atoms with E-state index in [2.05, 4.69) is 15.9 Å². The second-order valence-corrected chi connectivity index (χ2v) is 4.79. The fraction of sp³-hybridized carbons (Fsp3) is 0.455. The molecule has 0 aliphatic heterocycles. The maximum atomic E-state index is 13.5. The van der Waals surface area contributed by atoms with Crippen molar-refractivity contribution in [3.05, 3.63) is 33.0 Å². The highest BCUT2D eigenvalue weighted by Gasteiger charge is 2.22. The average molecular weight is 296 g/mol. The molecule has 1 rings (SSSR count). The van der Waals surface area contributed by atoms with Gasteiger partial charge in [-0.2, -0.15) is 0 Å². The van der Waals surface area contributed by atoms with Gasteiger partial charge in [0.2, 0.25) is 0 Å². The van der Waals surface area contributed by atoms with Crippen molar-refractivity contribution in [1.82, 2.24) is 0 Å². The van der Waals surface area contributed by atoms with E-state index in [0.717, 1.165) is 6.42 Å². The van der Waals surface area contributed by atoms with E-state index in [1.54, 1.807) is 0 Å². The zero-order valence-electron chi connectivity index (χ0n) is 8.60. The largest absolute Gasteiger partial charge is 0.388 e. The number of rotatable bonds is 3. The third kappa shape index (κ3) is 2.71. The van der Waals surface area contributed by atoms with Crippen molar-refractivity contribution in [3.63, 3.8) is 0 Å². The number of benzene rings is 1. The Morgan fingerprint density at radius 2 is 2.13 bits per heavy atom. The van der Waals surface area contributed by atoms with Gasteiger partial charge in [-0.15, -0.1) is 0 Å². The molecule has 0 fully saturated rings. The summed E-state index contributed by atoms with van der Waals surface area (Å²) in [5.41, 5.74) is 0.247. The van der Waals surface area contributed by atoms with E-state index in [-0.39, 0.29) is 11.5 Å². The first-order valence-corrected chi connectivity index (χ1v) is 5.97. The van der Waals surface area contributed by atoms with Gasteiger partial charge in [0, 0.05) is 10.0 Å². The fourth-order valence-corrected chi connectivity index (χ4v) is 2.04. The topological polar surface area (TPSA) is 20.2 Å². The van der Waals surface area contributed by atoms with Crippen LogP contribution in [-0.2, 0) is 0 Å². The van der Waals surface area contributed by atoms with E-state index in [4.69, 9.17) is 11.6 Å². The quantitative estimate of drug-likeness (QED) is 0.823. The first kappa shape index (κ1) is 12.9. The van der Waals surface area contributed by atoms with Crippen LogP contribution in [0.25, 0.3) is 0 Å². The minimum absolute atomic E-state index is 0.00531. The van der Waals surface area contributed by atoms with Crippen LogP contribution in [0, 0.1) is 11.7 Å². The molecule has 15 heavy (non-hydrogen) atoms. The van der Waals surface area contributed by atoms with Crippen LogP contribution in [0.5, 0.6) is 0 Å². The number of aliphatic hydroxyl groups is 1. The van der Waals surface area contributed by atoms with Crippen molar-refractivity contribution in [2.24, 2.45) is 5.92 Å². The molecule has 1 aromatic carbocycles. The van der Waals surface area contributed by atoms with E-state index in [1.807, 2.05) is 13.8 Å². The Morgan fingerprint density at radius 3 is 2.67 bits per heavy atom. The number of hydrogen-bond acceptors (Lipinski definition) is 1. The first-order valence-electron chi connectivity index (χ1n) is 4.80. The normalized spacial score (nSPS) is 15.1. The van der Waals surface area contributed by atoms with Gasteiger partial charge in [-0.3, -0.25) is 0 Å². The zero-order chi connectivity index (χ0) is 11.6. The summed E-state index contributed by atoms with van der Waals surface area (Å²) in [5.74, 6) is -0.437. The van der Waals surface area contributed by atoms with Crippen molar-refractivity contribution in [1.29, 1.82) is 0 Å². The SMILES string of the molecule is CCC(C)C(O)c1c(F)ccc(Cl)c1Br. The lowest BCUT2D eigenvalue weighted by molar-refractivity contribution is 0.111. The molecule has 0 aliphatic rings. The Bertz CT molecular complexity index is 357. The zero-order valence-corrected chi connectivity index (χ0v) is 10.9. The molecule has 1 N–H and O–H groups in total. The maximum Gasteiger partial charge on any atom is 0.130 e. The molecule has 0 amide bonds. The Hall–Kier alpha value is -0.120. The van der Waals surface area contributed by atoms with Gasteiger partial charge in [0.15, 0.2) is 0 Å². The summed E-state index contributed by atoms with van der Waals surface area (Å²) < 4.78 is 14.0. The summed E-state index contributed by atoms with van der Waals surface area (Å²) in [4.78, 5) is 0. The molecule has 0 bridgehead atoms. The number of halogens is 3. The van der Waals surface area contributed by atoms with Crippen LogP contribution in [0.3, 0.4) is 0 Å². The predicted octanol–water partition coefficient (Wildman–Crippen LogP) is 4.32. The van der Waals surface area contributed by atoms with Crippen molar-refractivity contribution in [3.8, 4) is 0 Å². The molecule has 0 radical (unpaired) electrons. The maximum absolute atomic E-state index is 13.5. The van der Waals surface area contributed by atoms with Crippen LogP contribution >= 0.6 is 27.5 Å². The Labute approximate surface area is 102 Å². The summed E-state index contributed by atoms with van der Waals surface area (Å²) in [6.07, 6.45) is -0.0531. The van der Waals surface area contributed by atoms with Gasteiger partial charge in [0.05, 0.1) is 11.1 Å². The Morgan fingerprint density at radius 1 is 1.53 bits per heavy atom. The van der Waals surface area contributed by atoms with Gasteiger partial charge in [0.25, 0.3) is 0 Å². The molecule has 0 saturated carbocycles. The fourth-order valence-electron chi connectivity index (χ4n) is 1.32. The second-order valence-electron chi connectivity index (χ2n) is 3.59. The van der Waals surface area contributed by atoms with Crippen LogP contribution < -0.4 is 0 Å². The van der Waals surface area contributed by atoms with Crippen LogP contribution in [0.15, 0.2) is 16.6 Å². The minimum atomic E-state index is -0.830. The van der Waals surface area contributed by atoms with Crippen LogP contribution in [0.4, 0.5) is 4.39 Å². The highest BCUT2D eigenvalue weighted by Crippen LogP contribution is 2.36. The standard InChI is InChI=1S/C11H13BrClFO/c1-3-6(2)11(15)9-8(14)5-4-7(13)10(9)12/h4-6,11,15H,3H2,1-2H3. The van der Waals surface area contributed by atoms with E-state index >= 15 is 0 Å². The van der Waals surface area contributed by atoms with Crippen LogP contribution in [0.1, 0.15) is 31.9 Å². The summed E-state index contributed by atoms with van der Waals surface area (Å²) in [6, 6.07) is 2.74. The van der Waals surface area contributed by atoms with Crippen LogP contribution in [-0.4, -0.2) is 5.11 Å². The molecule has 0 heterocycles. The smallest absolute Gasteiger partial charge is 0.130 e. The van der Waals surface area contributed by atoms with Crippen molar-refractivity contribution in [2.45, 2.75) is 26.4 Å². The summed E-state index contributed by atoms with van der Waals surface area (Å²) in [6.45, 7) is 3.82. The summed E-state index contributed by atoms with van der Waals surface area (Å²) in [5, 5.41) is 10.4. The van der Waals surface area contributed by atoms with Gasteiger partial charge in [-0.1, -0.05) is 31.9 Å². The van der Waals surface area contributed by atoms with Gasteiger partial charge in [-0.05, 0) is 34.0 Å². The Kier molecular flexibility index (Phi) is 4.56. The monoisotopic (exact) mass is 294 g/mol. The molecule has 84 valence electrons. The van der Waals surface area contributed by atoms with Crippen molar-refractivity contribution >= 4 is 27.5 Å². The van der Waals surface area contributed by atoms with E-state index in [1.165, 1.54) is 12.1 Å². The Balaban J connectivity index is 3.18. The first-order chi connectivity index (χ1) is 6.99. The van der Waals surface area contributed by atoms with E-state index in [9.17, 15) is 9.50 Å².